The van der Waals surface area contributed by atoms with Gasteiger partial charge in [-0.2, -0.15) is 0 Å². The third kappa shape index (κ3) is 3.77. The smallest absolute Gasteiger partial charge is 0.321 e. The molecule has 1 aliphatic heterocycles. The summed E-state index contributed by atoms with van der Waals surface area (Å²) in [5.74, 6) is 0.418. The Hall–Kier alpha value is -3.32. The number of carbonyl (C=O) groups is 1. The molecule has 1 aliphatic rings. The summed E-state index contributed by atoms with van der Waals surface area (Å²) >= 11 is 5.82. The van der Waals surface area contributed by atoms with Crippen molar-refractivity contribution in [2.75, 3.05) is 36.4 Å². The molecular formula is C23H21ClFN5O. The number of carbonyl (C=O) groups excluding carboxylic acids is 1. The minimum atomic E-state index is -0.510. The van der Waals surface area contributed by atoms with E-state index in [4.69, 9.17) is 16.6 Å². The van der Waals surface area contributed by atoms with Crippen LogP contribution in [-0.2, 0) is 0 Å². The largest absolute Gasteiger partial charge is 0.353 e. The Labute approximate surface area is 183 Å². The van der Waals surface area contributed by atoms with Crippen molar-refractivity contribution >= 4 is 45.7 Å². The molecule has 8 heteroatoms. The van der Waals surface area contributed by atoms with Gasteiger partial charge in [0.1, 0.15) is 5.82 Å². The molecule has 0 atom stereocenters. The van der Waals surface area contributed by atoms with Gasteiger partial charge in [-0.3, -0.25) is 0 Å². The number of para-hydroxylation sites is 2. The summed E-state index contributed by atoms with van der Waals surface area (Å²) in [4.78, 5) is 21.7. The van der Waals surface area contributed by atoms with Crippen molar-refractivity contribution in [2.24, 2.45) is 0 Å². The van der Waals surface area contributed by atoms with E-state index >= 15 is 0 Å². The number of anilines is 2. The molecule has 158 valence electrons. The lowest BCUT2D eigenvalue weighted by Crippen LogP contribution is -2.38. The normalized spacial score (nSPS) is 14.8. The molecule has 31 heavy (non-hydrogen) atoms. The van der Waals surface area contributed by atoms with Gasteiger partial charge in [-0.25, -0.2) is 14.2 Å². The molecule has 1 N–H and O–H groups in total. The van der Waals surface area contributed by atoms with Gasteiger partial charge >= 0.3 is 6.03 Å². The highest BCUT2D eigenvalue weighted by Gasteiger charge is 2.22. The zero-order valence-corrected chi connectivity index (χ0v) is 17.5. The third-order valence-electron chi connectivity index (χ3n) is 5.60. The predicted octanol–water partition coefficient (Wildman–Crippen LogP) is 5.02. The molecule has 5 rings (SSSR count). The zero-order chi connectivity index (χ0) is 21.4. The summed E-state index contributed by atoms with van der Waals surface area (Å²) in [6, 6.07) is 16.1. The van der Waals surface area contributed by atoms with E-state index in [1.807, 2.05) is 30.5 Å². The van der Waals surface area contributed by atoms with E-state index in [1.54, 1.807) is 4.90 Å². The summed E-state index contributed by atoms with van der Waals surface area (Å²) in [5, 5.41) is 2.79. The van der Waals surface area contributed by atoms with Crippen LogP contribution in [0.1, 0.15) is 6.42 Å². The van der Waals surface area contributed by atoms with Crippen LogP contribution in [0.15, 0.2) is 60.8 Å². The Kier molecular flexibility index (Phi) is 5.11. The van der Waals surface area contributed by atoms with Crippen LogP contribution in [0.3, 0.4) is 0 Å². The lowest BCUT2D eigenvalue weighted by molar-refractivity contribution is 0.215. The van der Waals surface area contributed by atoms with E-state index in [0.29, 0.717) is 25.3 Å². The van der Waals surface area contributed by atoms with Crippen molar-refractivity contribution in [3.05, 3.63) is 71.6 Å². The van der Waals surface area contributed by atoms with Crippen LogP contribution in [0.4, 0.5) is 20.7 Å². The molecule has 0 unspecified atom stereocenters. The third-order valence-corrected chi connectivity index (χ3v) is 5.89. The number of hydrogen-bond acceptors (Lipinski definition) is 3. The van der Waals surface area contributed by atoms with Crippen molar-refractivity contribution in [3.63, 3.8) is 0 Å². The van der Waals surface area contributed by atoms with E-state index in [2.05, 4.69) is 26.8 Å². The first-order chi connectivity index (χ1) is 15.1. The maximum absolute atomic E-state index is 13.4. The first-order valence-electron chi connectivity index (χ1n) is 10.2. The average molecular weight is 438 g/mol. The number of nitrogens with zero attached hydrogens (tertiary/aromatic N) is 4. The van der Waals surface area contributed by atoms with Crippen LogP contribution in [0.2, 0.25) is 5.02 Å². The number of rotatable bonds is 2. The van der Waals surface area contributed by atoms with Gasteiger partial charge < -0.3 is 19.5 Å². The van der Waals surface area contributed by atoms with Crippen molar-refractivity contribution in [1.82, 2.24) is 14.3 Å². The van der Waals surface area contributed by atoms with Gasteiger partial charge in [0.25, 0.3) is 0 Å². The standard InChI is InChI=1S/C23H21ClFN5O/c24-17-15-16(8-9-18(17)25)26-23(31)29-11-4-10-28(13-14-29)22-21-7-3-12-30(21)20-6-2-1-5-19(20)27-22/h1-3,5-9,12,15H,4,10-11,13-14H2,(H,26,31). The lowest BCUT2D eigenvalue weighted by Gasteiger charge is -2.24. The van der Waals surface area contributed by atoms with Gasteiger partial charge in [0, 0.05) is 38.1 Å². The SMILES string of the molecule is O=C(Nc1ccc(F)c(Cl)c1)N1CCCN(c2nc3ccccc3n3cccc23)CC1. The van der Waals surface area contributed by atoms with Crippen LogP contribution in [0, 0.1) is 5.82 Å². The molecule has 3 heterocycles. The Morgan fingerprint density at radius 1 is 1.00 bits per heavy atom. The lowest BCUT2D eigenvalue weighted by atomic mass is 10.3. The maximum Gasteiger partial charge on any atom is 0.321 e. The highest BCUT2D eigenvalue weighted by atomic mass is 35.5. The van der Waals surface area contributed by atoms with Crippen molar-refractivity contribution in [3.8, 4) is 0 Å². The predicted molar refractivity (Wildman–Crippen MR) is 122 cm³/mol. The first-order valence-corrected chi connectivity index (χ1v) is 10.6. The molecule has 2 aromatic carbocycles. The number of hydrogen-bond donors (Lipinski definition) is 1. The zero-order valence-electron chi connectivity index (χ0n) is 16.8. The molecule has 4 aromatic rings. The maximum atomic E-state index is 13.4. The van der Waals surface area contributed by atoms with Gasteiger partial charge in [0.2, 0.25) is 0 Å². The van der Waals surface area contributed by atoms with Gasteiger partial charge in [0.05, 0.1) is 21.6 Å². The number of urea groups is 1. The Morgan fingerprint density at radius 2 is 1.84 bits per heavy atom. The number of benzene rings is 2. The monoisotopic (exact) mass is 437 g/mol. The number of aromatic nitrogens is 2. The van der Waals surface area contributed by atoms with Crippen LogP contribution >= 0.6 is 11.6 Å². The van der Waals surface area contributed by atoms with E-state index in [9.17, 15) is 9.18 Å². The quantitative estimate of drug-likeness (QED) is 0.479. The van der Waals surface area contributed by atoms with E-state index in [1.165, 1.54) is 18.2 Å². The van der Waals surface area contributed by atoms with Gasteiger partial charge in [-0.1, -0.05) is 23.7 Å². The van der Waals surface area contributed by atoms with Crippen LogP contribution in [0.25, 0.3) is 16.6 Å². The number of fused-ring (bicyclic) bond motifs is 3. The Balaban J connectivity index is 1.35. The van der Waals surface area contributed by atoms with E-state index < -0.39 is 5.82 Å². The highest BCUT2D eigenvalue weighted by molar-refractivity contribution is 6.31. The van der Waals surface area contributed by atoms with Crippen LogP contribution < -0.4 is 10.2 Å². The fourth-order valence-corrected chi connectivity index (χ4v) is 4.23. The highest BCUT2D eigenvalue weighted by Crippen LogP contribution is 2.26. The van der Waals surface area contributed by atoms with E-state index in [-0.39, 0.29) is 11.1 Å². The van der Waals surface area contributed by atoms with Crippen molar-refractivity contribution in [1.29, 1.82) is 0 Å². The molecule has 2 aromatic heterocycles. The summed E-state index contributed by atoms with van der Waals surface area (Å²) in [6.07, 6.45) is 2.87. The van der Waals surface area contributed by atoms with Gasteiger partial charge in [0.15, 0.2) is 5.82 Å². The number of nitrogens with one attached hydrogen (secondary N) is 1. The number of amides is 2. The molecule has 0 radical (unpaired) electrons. The summed E-state index contributed by atoms with van der Waals surface area (Å²) in [6.45, 7) is 2.66. The summed E-state index contributed by atoms with van der Waals surface area (Å²) in [7, 11) is 0. The van der Waals surface area contributed by atoms with Gasteiger partial charge in [-0.05, 0) is 48.9 Å². The minimum Gasteiger partial charge on any atom is -0.353 e. The molecule has 6 nitrogen and oxygen atoms in total. The average Bonchev–Trinajstić information content (AvgIpc) is 3.14. The van der Waals surface area contributed by atoms with Crippen molar-refractivity contribution < 1.29 is 9.18 Å². The van der Waals surface area contributed by atoms with E-state index in [0.717, 1.165) is 35.3 Å². The second-order valence-electron chi connectivity index (χ2n) is 7.57. The summed E-state index contributed by atoms with van der Waals surface area (Å²) < 4.78 is 15.5. The fraction of sp³-hybridized carbons (Fsp3) is 0.217. The second-order valence-corrected chi connectivity index (χ2v) is 7.98. The number of halogens is 2. The molecule has 1 saturated heterocycles. The Morgan fingerprint density at radius 3 is 2.71 bits per heavy atom. The van der Waals surface area contributed by atoms with Crippen molar-refractivity contribution in [2.45, 2.75) is 6.42 Å². The molecule has 0 aliphatic carbocycles. The first kappa shape index (κ1) is 19.6. The second kappa shape index (κ2) is 8.07. The molecular weight excluding hydrogens is 417 g/mol. The molecule has 0 spiro atoms. The Bertz CT molecular complexity index is 1270. The van der Waals surface area contributed by atoms with Crippen LogP contribution in [-0.4, -0.2) is 46.5 Å². The van der Waals surface area contributed by atoms with Gasteiger partial charge in [-0.15, -0.1) is 0 Å². The molecule has 1 fully saturated rings. The van der Waals surface area contributed by atoms with Crippen LogP contribution in [0.5, 0.6) is 0 Å². The fourth-order valence-electron chi connectivity index (χ4n) is 4.05. The molecule has 2 amide bonds. The molecule has 0 saturated carbocycles. The minimum absolute atomic E-state index is 0.0153. The molecule has 0 bridgehead atoms. The topological polar surface area (TPSA) is 52.9 Å². The summed E-state index contributed by atoms with van der Waals surface area (Å²) in [5.41, 5.74) is 3.54.